The van der Waals surface area contributed by atoms with Crippen molar-refractivity contribution in [3.8, 4) is 0 Å². The molecule has 1 heterocycles. The highest BCUT2D eigenvalue weighted by Crippen LogP contribution is 2.21. The number of thioether (sulfide) groups is 1. The molecule has 0 aliphatic carbocycles. The maximum atomic E-state index is 12.3. The number of benzene rings is 1. The highest BCUT2D eigenvalue weighted by molar-refractivity contribution is 7.99. The Kier molecular flexibility index (Phi) is 7.72. The van der Waals surface area contributed by atoms with Gasteiger partial charge in [0.15, 0.2) is 5.16 Å². The van der Waals surface area contributed by atoms with Gasteiger partial charge in [-0.15, -0.1) is 0 Å². The first kappa shape index (κ1) is 20.5. The lowest BCUT2D eigenvalue weighted by Gasteiger charge is -2.15. The van der Waals surface area contributed by atoms with E-state index in [1.807, 2.05) is 20.8 Å². The molecule has 0 unspecified atom stereocenters. The Balaban J connectivity index is 1.92. The second-order valence-electron chi connectivity index (χ2n) is 6.38. The number of aromatic nitrogens is 2. The maximum Gasteiger partial charge on any atom is 0.230 e. The van der Waals surface area contributed by atoms with Crippen LogP contribution < -0.4 is 5.32 Å². The van der Waals surface area contributed by atoms with Crippen LogP contribution in [0.3, 0.4) is 0 Å². The number of carbonyl (C=O) groups is 1. The standard InChI is InChI=1S/C20H29N3O2S/c1-6-17-7-9-18(10-8-17)15(3)21-19(24)13-26-20-22-14(2)16(4)23(20)11-12-25-5/h7-10,15H,6,11-13H2,1-5H3,(H,21,24)/t15-/m1/s1. The number of nitrogens with zero attached hydrogens (tertiary/aromatic N) is 2. The van der Waals surface area contributed by atoms with Crippen LogP contribution in [0, 0.1) is 13.8 Å². The Morgan fingerprint density at radius 3 is 2.62 bits per heavy atom. The fraction of sp³-hybridized carbons (Fsp3) is 0.500. The normalized spacial score (nSPS) is 12.2. The summed E-state index contributed by atoms with van der Waals surface area (Å²) in [5.74, 6) is 0.360. The number of carbonyl (C=O) groups excluding carboxylic acids is 1. The van der Waals surface area contributed by atoms with Crippen molar-refractivity contribution >= 4 is 17.7 Å². The number of hydrogen-bond acceptors (Lipinski definition) is 4. The van der Waals surface area contributed by atoms with Gasteiger partial charge in [-0.3, -0.25) is 4.79 Å². The molecular formula is C20H29N3O2S. The quantitative estimate of drug-likeness (QED) is 0.679. The first-order chi connectivity index (χ1) is 12.5. The largest absolute Gasteiger partial charge is 0.383 e. The van der Waals surface area contributed by atoms with Crippen molar-refractivity contribution < 1.29 is 9.53 Å². The Morgan fingerprint density at radius 2 is 2.00 bits per heavy atom. The zero-order chi connectivity index (χ0) is 19.1. The van der Waals surface area contributed by atoms with Gasteiger partial charge in [-0.2, -0.15) is 0 Å². The van der Waals surface area contributed by atoms with Crippen LogP contribution in [-0.2, 0) is 22.5 Å². The van der Waals surface area contributed by atoms with Crippen molar-refractivity contribution in [3.63, 3.8) is 0 Å². The van der Waals surface area contributed by atoms with Crippen molar-refractivity contribution in [2.24, 2.45) is 0 Å². The molecule has 1 N–H and O–H groups in total. The van der Waals surface area contributed by atoms with E-state index in [1.54, 1.807) is 7.11 Å². The molecule has 6 heteroatoms. The van der Waals surface area contributed by atoms with Crippen LogP contribution in [0.2, 0.25) is 0 Å². The first-order valence-electron chi connectivity index (χ1n) is 8.99. The van der Waals surface area contributed by atoms with Gasteiger partial charge in [-0.25, -0.2) is 4.98 Å². The van der Waals surface area contributed by atoms with Crippen molar-refractivity contribution in [2.75, 3.05) is 19.5 Å². The van der Waals surface area contributed by atoms with Gasteiger partial charge in [-0.05, 0) is 38.3 Å². The monoisotopic (exact) mass is 375 g/mol. The third kappa shape index (κ3) is 5.35. The summed E-state index contributed by atoms with van der Waals surface area (Å²) in [6, 6.07) is 8.39. The van der Waals surface area contributed by atoms with Gasteiger partial charge >= 0.3 is 0 Å². The molecule has 0 saturated heterocycles. The predicted molar refractivity (Wildman–Crippen MR) is 107 cm³/mol. The van der Waals surface area contributed by atoms with Gasteiger partial charge in [0, 0.05) is 19.3 Å². The van der Waals surface area contributed by atoms with E-state index in [-0.39, 0.29) is 11.9 Å². The molecule has 5 nitrogen and oxygen atoms in total. The van der Waals surface area contributed by atoms with E-state index in [1.165, 1.54) is 17.3 Å². The number of nitrogens with one attached hydrogen (secondary N) is 1. The molecule has 1 aromatic carbocycles. The Labute approximate surface area is 160 Å². The van der Waals surface area contributed by atoms with E-state index in [0.29, 0.717) is 12.4 Å². The zero-order valence-corrected chi connectivity index (χ0v) is 17.2. The predicted octanol–water partition coefficient (Wildman–Crippen LogP) is 3.68. The number of rotatable bonds is 9. The fourth-order valence-electron chi connectivity index (χ4n) is 2.72. The van der Waals surface area contributed by atoms with Gasteiger partial charge in [0.2, 0.25) is 5.91 Å². The van der Waals surface area contributed by atoms with Crippen molar-refractivity contribution in [1.82, 2.24) is 14.9 Å². The molecule has 0 spiro atoms. The average Bonchev–Trinajstić information content (AvgIpc) is 2.92. The van der Waals surface area contributed by atoms with Crippen molar-refractivity contribution in [3.05, 3.63) is 46.8 Å². The zero-order valence-electron chi connectivity index (χ0n) is 16.3. The summed E-state index contributed by atoms with van der Waals surface area (Å²) in [7, 11) is 1.69. The number of imidazole rings is 1. The molecule has 1 amide bonds. The Bertz CT molecular complexity index is 725. The second kappa shape index (κ2) is 9.78. The fourth-order valence-corrected chi connectivity index (χ4v) is 3.65. The third-order valence-electron chi connectivity index (χ3n) is 4.54. The van der Waals surface area contributed by atoms with Crippen LogP contribution in [0.15, 0.2) is 29.4 Å². The number of methoxy groups -OCH3 is 1. The van der Waals surface area contributed by atoms with Gasteiger partial charge in [0.25, 0.3) is 0 Å². The minimum absolute atomic E-state index is 0.00860. The van der Waals surface area contributed by atoms with Crippen LogP contribution in [0.25, 0.3) is 0 Å². The van der Waals surface area contributed by atoms with Crippen LogP contribution >= 0.6 is 11.8 Å². The summed E-state index contributed by atoms with van der Waals surface area (Å²) >= 11 is 1.47. The summed E-state index contributed by atoms with van der Waals surface area (Å²) in [5, 5.41) is 3.93. The molecule has 26 heavy (non-hydrogen) atoms. The molecule has 0 saturated carbocycles. The number of hydrogen-bond donors (Lipinski definition) is 1. The highest BCUT2D eigenvalue weighted by atomic mass is 32.2. The summed E-state index contributed by atoms with van der Waals surface area (Å²) in [4.78, 5) is 16.9. The van der Waals surface area contributed by atoms with Crippen LogP contribution in [-0.4, -0.2) is 34.9 Å². The van der Waals surface area contributed by atoms with Crippen molar-refractivity contribution in [1.29, 1.82) is 0 Å². The van der Waals surface area contributed by atoms with Crippen LogP contribution in [0.1, 0.15) is 42.4 Å². The van der Waals surface area contributed by atoms with Gasteiger partial charge < -0.3 is 14.6 Å². The van der Waals surface area contributed by atoms with Gasteiger partial charge in [0.05, 0.1) is 24.1 Å². The molecule has 1 atom stereocenters. The SMILES string of the molecule is CCc1ccc([C@@H](C)NC(=O)CSc2nc(C)c(C)n2CCOC)cc1. The lowest BCUT2D eigenvalue weighted by molar-refractivity contribution is -0.119. The number of aryl methyl sites for hydroxylation is 2. The van der Waals surface area contributed by atoms with E-state index in [0.717, 1.165) is 35.1 Å². The molecule has 0 aliphatic rings. The number of amides is 1. The van der Waals surface area contributed by atoms with E-state index >= 15 is 0 Å². The minimum atomic E-state index is -0.00860. The molecule has 1 aromatic heterocycles. The molecule has 0 aliphatic heterocycles. The minimum Gasteiger partial charge on any atom is -0.383 e. The summed E-state index contributed by atoms with van der Waals surface area (Å²) in [5.41, 5.74) is 4.54. The maximum absolute atomic E-state index is 12.3. The smallest absolute Gasteiger partial charge is 0.230 e. The molecule has 0 radical (unpaired) electrons. The van der Waals surface area contributed by atoms with E-state index in [9.17, 15) is 4.79 Å². The second-order valence-corrected chi connectivity index (χ2v) is 7.33. The Hall–Kier alpha value is -1.79. The van der Waals surface area contributed by atoms with E-state index in [4.69, 9.17) is 4.74 Å². The van der Waals surface area contributed by atoms with E-state index < -0.39 is 0 Å². The Morgan fingerprint density at radius 1 is 1.31 bits per heavy atom. The van der Waals surface area contributed by atoms with E-state index in [2.05, 4.69) is 46.1 Å². The molecule has 0 fully saturated rings. The molecule has 0 bridgehead atoms. The summed E-state index contributed by atoms with van der Waals surface area (Å²) < 4.78 is 7.29. The molecular weight excluding hydrogens is 346 g/mol. The average molecular weight is 376 g/mol. The highest BCUT2D eigenvalue weighted by Gasteiger charge is 2.15. The summed E-state index contributed by atoms with van der Waals surface area (Å²) in [6.07, 6.45) is 1.02. The lowest BCUT2D eigenvalue weighted by atomic mass is 10.1. The van der Waals surface area contributed by atoms with Crippen LogP contribution in [0.4, 0.5) is 0 Å². The topological polar surface area (TPSA) is 56.2 Å². The van der Waals surface area contributed by atoms with Gasteiger partial charge in [0.1, 0.15) is 0 Å². The third-order valence-corrected chi connectivity index (χ3v) is 5.52. The molecule has 2 rings (SSSR count). The first-order valence-corrected chi connectivity index (χ1v) is 9.98. The van der Waals surface area contributed by atoms with Gasteiger partial charge in [-0.1, -0.05) is 43.0 Å². The summed E-state index contributed by atoms with van der Waals surface area (Å²) in [6.45, 7) is 9.55. The van der Waals surface area contributed by atoms with Crippen molar-refractivity contribution in [2.45, 2.75) is 51.9 Å². The molecule has 142 valence electrons. The molecule has 2 aromatic rings. The number of ether oxygens (including phenoxy) is 1. The lowest BCUT2D eigenvalue weighted by Crippen LogP contribution is -2.28. The van der Waals surface area contributed by atoms with Crippen LogP contribution in [0.5, 0.6) is 0 Å².